The first kappa shape index (κ1) is 18.0. The standard InChI is InChI=1S/C17H26BN3O4/c1-16(2)17(3,4)25-18(24-16)12-5-6-14(20-11-12)21-9-7-13(8-10-21)23-15(19)22/h5-6,11,13H,7-10H2,1-4H3,(H2,19,22). The molecule has 1 aromatic heterocycles. The van der Waals surface area contributed by atoms with Crippen LogP contribution in [-0.2, 0) is 14.0 Å². The smallest absolute Gasteiger partial charge is 0.446 e. The largest absolute Gasteiger partial charge is 0.496 e. The Bertz CT molecular complexity index is 611. The molecule has 2 saturated heterocycles. The summed E-state index contributed by atoms with van der Waals surface area (Å²) in [5.41, 5.74) is 5.26. The molecule has 136 valence electrons. The summed E-state index contributed by atoms with van der Waals surface area (Å²) in [6.45, 7) is 9.70. The number of piperidine rings is 1. The van der Waals surface area contributed by atoms with Crippen LogP contribution in [0.1, 0.15) is 40.5 Å². The third-order valence-electron chi connectivity index (χ3n) is 5.34. The maximum Gasteiger partial charge on any atom is 0.496 e. The van der Waals surface area contributed by atoms with E-state index in [0.717, 1.165) is 37.2 Å². The number of hydrogen-bond acceptors (Lipinski definition) is 6. The summed E-state index contributed by atoms with van der Waals surface area (Å²) in [5.74, 6) is 0.901. The summed E-state index contributed by atoms with van der Waals surface area (Å²) in [4.78, 5) is 17.6. The van der Waals surface area contributed by atoms with Gasteiger partial charge in [0.25, 0.3) is 0 Å². The van der Waals surface area contributed by atoms with Gasteiger partial charge in [0.2, 0.25) is 0 Å². The Kier molecular flexibility index (Phi) is 4.68. The van der Waals surface area contributed by atoms with Gasteiger partial charge >= 0.3 is 13.2 Å². The SMILES string of the molecule is CC1(C)OB(c2ccc(N3CCC(OC(N)=O)CC3)nc2)OC1(C)C. The van der Waals surface area contributed by atoms with E-state index in [1.807, 2.05) is 46.0 Å². The molecular formula is C17H26BN3O4. The molecule has 0 spiro atoms. The van der Waals surface area contributed by atoms with Crippen molar-refractivity contribution < 1.29 is 18.8 Å². The van der Waals surface area contributed by atoms with Gasteiger partial charge in [-0.05, 0) is 33.8 Å². The van der Waals surface area contributed by atoms with Gasteiger partial charge in [0, 0.05) is 37.6 Å². The number of aromatic nitrogens is 1. The highest BCUT2D eigenvalue weighted by Crippen LogP contribution is 2.36. The number of nitrogens with two attached hydrogens (primary N) is 1. The minimum atomic E-state index is -0.705. The van der Waals surface area contributed by atoms with Crippen LogP contribution in [0.3, 0.4) is 0 Å². The molecule has 7 nitrogen and oxygen atoms in total. The molecule has 2 fully saturated rings. The zero-order chi connectivity index (χ0) is 18.2. The number of hydrogen-bond donors (Lipinski definition) is 1. The molecule has 2 aliphatic rings. The number of primary amides is 1. The molecule has 1 amide bonds. The van der Waals surface area contributed by atoms with Crippen molar-refractivity contribution in [3.63, 3.8) is 0 Å². The van der Waals surface area contributed by atoms with Crippen LogP contribution in [0, 0.1) is 0 Å². The van der Waals surface area contributed by atoms with Crippen LogP contribution in [0.15, 0.2) is 18.3 Å². The number of ether oxygens (including phenoxy) is 1. The molecule has 25 heavy (non-hydrogen) atoms. The second-order valence-electron chi connectivity index (χ2n) is 7.66. The topological polar surface area (TPSA) is 86.9 Å². The molecule has 0 atom stereocenters. The minimum absolute atomic E-state index is 0.0993. The van der Waals surface area contributed by atoms with Gasteiger partial charge in [0.05, 0.1) is 11.2 Å². The van der Waals surface area contributed by atoms with E-state index < -0.39 is 13.2 Å². The van der Waals surface area contributed by atoms with Crippen LogP contribution in [-0.4, -0.2) is 48.6 Å². The number of carbonyl (C=O) groups excluding carboxylic acids is 1. The molecule has 2 N–H and O–H groups in total. The second-order valence-corrected chi connectivity index (χ2v) is 7.66. The molecular weight excluding hydrogens is 321 g/mol. The van der Waals surface area contributed by atoms with Crippen LogP contribution in [0.5, 0.6) is 0 Å². The predicted molar refractivity (Wildman–Crippen MR) is 95.9 cm³/mol. The average molecular weight is 347 g/mol. The number of anilines is 1. The third-order valence-corrected chi connectivity index (χ3v) is 5.34. The Morgan fingerprint density at radius 1 is 1.24 bits per heavy atom. The van der Waals surface area contributed by atoms with Crippen molar-refractivity contribution in [1.29, 1.82) is 0 Å². The van der Waals surface area contributed by atoms with Crippen molar-refractivity contribution in [3.8, 4) is 0 Å². The summed E-state index contributed by atoms with van der Waals surface area (Å²) in [6.07, 6.45) is 2.51. The normalized spacial score (nSPS) is 22.9. The van der Waals surface area contributed by atoms with E-state index >= 15 is 0 Å². The van der Waals surface area contributed by atoms with Gasteiger partial charge in [-0.1, -0.05) is 6.07 Å². The number of nitrogens with zero attached hydrogens (tertiary/aromatic N) is 2. The Morgan fingerprint density at radius 2 is 1.84 bits per heavy atom. The summed E-state index contributed by atoms with van der Waals surface area (Å²) in [6, 6.07) is 3.98. The lowest BCUT2D eigenvalue weighted by Gasteiger charge is -2.32. The Hall–Kier alpha value is -1.80. The molecule has 0 saturated carbocycles. The zero-order valence-corrected chi connectivity index (χ0v) is 15.3. The predicted octanol–water partition coefficient (Wildman–Crippen LogP) is 1.44. The van der Waals surface area contributed by atoms with E-state index in [4.69, 9.17) is 19.8 Å². The molecule has 0 aliphatic carbocycles. The highest BCUT2D eigenvalue weighted by Gasteiger charge is 2.51. The van der Waals surface area contributed by atoms with Crippen molar-refractivity contribution in [2.75, 3.05) is 18.0 Å². The highest BCUT2D eigenvalue weighted by molar-refractivity contribution is 6.62. The van der Waals surface area contributed by atoms with Gasteiger partial charge in [0.15, 0.2) is 0 Å². The fraction of sp³-hybridized carbons (Fsp3) is 0.647. The number of carbonyl (C=O) groups is 1. The summed E-state index contributed by atoms with van der Waals surface area (Å²) in [5, 5.41) is 0. The second kappa shape index (κ2) is 6.50. The zero-order valence-electron chi connectivity index (χ0n) is 15.3. The van der Waals surface area contributed by atoms with Crippen molar-refractivity contribution >= 4 is 24.5 Å². The van der Waals surface area contributed by atoms with Crippen molar-refractivity contribution in [1.82, 2.24) is 4.98 Å². The van der Waals surface area contributed by atoms with Crippen LogP contribution in [0.2, 0.25) is 0 Å². The quantitative estimate of drug-likeness (QED) is 0.833. The van der Waals surface area contributed by atoms with Crippen LogP contribution in [0.4, 0.5) is 10.6 Å². The summed E-state index contributed by atoms with van der Waals surface area (Å²) < 4.78 is 17.2. The summed E-state index contributed by atoms with van der Waals surface area (Å²) in [7, 11) is -0.402. The molecule has 1 aromatic rings. The highest BCUT2D eigenvalue weighted by atomic mass is 16.7. The van der Waals surface area contributed by atoms with E-state index in [0.29, 0.717) is 0 Å². The fourth-order valence-electron chi connectivity index (χ4n) is 3.07. The van der Waals surface area contributed by atoms with E-state index in [2.05, 4.69) is 9.88 Å². The molecule has 8 heteroatoms. The molecule has 2 aliphatic heterocycles. The molecule has 0 unspecified atom stereocenters. The fourth-order valence-corrected chi connectivity index (χ4v) is 3.07. The minimum Gasteiger partial charge on any atom is -0.446 e. The number of rotatable bonds is 3. The molecule has 3 rings (SSSR count). The van der Waals surface area contributed by atoms with Crippen LogP contribution < -0.4 is 16.1 Å². The van der Waals surface area contributed by atoms with Crippen molar-refractivity contribution in [3.05, 3.63) is 18.3 Å². The number of pyridine rings is 1. The monoisotopic (exact) mass is 347 g/mol. The maximum atomic E-state index is 10.8. The Labute approximate surface area is 149 Å². The lowest BCUT2D eigenvalue weighted by molar-refractivity contribution is 0.00578. The van der Waals surface area contributed by atoms with Gasteiger partial charge in [-0.2, -0.15) is 0 Å². The van der Waals surface area contributed by atoms with Crippen LogP contribution in [0.25, 0.3) is 0 Å². The molecule has 0 aromatic carbocycles. The van der Waals surface area contributed by atoms with E-state index in [1.54, 1.807) is 0 Å². The van der Waals surface area contributed by atoms with Crippen molar-refractivity contribution in [2.24, 2.45) is 5.73 Å². The molecule has 0 radical (unpaired) electrons. The average Bonchev–Trinajstić information content (AvgIpc) is 2.76. The number of amides is 1. The van der Waals surface area contributed by atoms with Gasteiger partial charge in [0.1, 0.15) is 11.9 Å². The Morgan fingerprint density at radius 3 is 2.32 bits per heavy atom. The molecule has 3 heterocycles. The lowest BCUT2D eigenvalue weighted by atomic mass is 9.80. The van der Waals surface area contributed by atoms with E-state index in [1.165, 1.54) is 0 Å². The van der Waals surface area contributed by atoms with E-state index in [-0.39, 0.29) is 17.3 Å². The molecule has 0 bridgehead atoms. The van der Waals surface area contributed by atoms with Crippen LogP contribution >= 0.6 is 0 Å². The Balaban J connectivity index is 1.61. The summed E-state index contributed by atoms with van der Waals surface area (Å²) >= 11 is 0. The van der Waals surface area contributed by atoms with Gasteiger partial charge in [-0.3, -0.25) is 0 Å². The lowest BCUT2D eigenvalue weighted by Crippen LogP contribution is -2.41. The van der Waals surface area contributed by atoms with Gasteiger partial charge in [-0.25, -0.2) is 9.78 Å². The van der Waals surface area contributed by atoms with Gasteiger partial charge in [-0.15, -0.1) is 0 Å². The van der Waals surface area contributed by atoms with Gasteiger partial charge < -0.3 is 24.7 Å². The first-order chi connectivity index (χ1) is 11.7. The first-order valence-corrected chi connectivity index (χ1v) is 8.70. The van der Waals surface area contributed by atoms with E-state index in [9.17, 15) is 4.79 Å². The third kappa shape index (κ3) is 3.74. The first-order valence-electron chi connectivity index (χ1n) is 8.70. The van der Waals surface area contributed by atoms with Crippen molar-refractivity contribution in [2.45, 2.75) is 57.8 Å². The maximum absolute atomic E-state index is 10.8.